The van der Waals surface area contributed by atoms with Gasteiger partial charge >= 0.3 is 6.18 Å². The number of thiophene rings is 2. The van der Waals surface area contributed by atoms with Crippen LogP contribution in [0.1, 0.15) is 45.0 Å². The molecule has 1 aliphatic carbocycles. The summed E-state index contributed by atoms with van der Waals surface area (Å²) in [6.45, 7) is 0. The maximum Gasteiger partial charge on any atom is 0.436 e. The van der Waals surface area contributed by atoms with Gasteiger partial charge in [0.2, 0.25) is 6.29 Å². The highest BCUT2D eigenvalue weighted by Gasteiger charge is 2.64. The second-order valence-corrected chi connectivity index (χ2v) is 9.89. The second-order valence-electron chi connectivity index (χ2n) is 6.49. The van der Waals surface area contributed by atoms with E-state index in [9.17, 15) is 18.0 Å². The average molecular weight is 488 g/mol. The summed E-state index contributed by atoms with van der Waals surface area (Å²) in [5, 5.41) is 3.34. The highest BCUT2D eigenvalue weighted by atomic mass is 35.5. The molecule has 149 valence electrons. The van der Waals surface area contributed by atoms with Gasteiger partial charge in [0.15, 0.2) is 0 Å². The van der Waals surface area contributed by atoms with Crippen LogP contribution in [-0.4, -0.2) is 18.2 Å². The van der Waals surface area contributed by atoms with Crippen molar-refractivity contribution in [3.63, 3.8) is 0 Å². The first-order valence-corrected chi connectivity index (χ1v) is 10.9. The Hall–Kier alpha value is -0.800. The first kappa shape index (κ1) is 20.5. The Balaban J connectivity index is 1.79. The van der Waals surface area contributed by atoms with E-state index in [1.807, 2.05) is 6.29 Å². The number of fused-ring (bicyclic) bond motifs is 1. The fourth-order valence-corrected chi connectivity index (χ4v) is 6.71. The van der Waals surface area contributed by atoms with Crippen LogP contribution in [0.5, 0.6) is 0 Å². The van der Waals surface area contributed by atoms with Crippen LogP contribution >= 0.6 is 57.5 Å². The molecule has 0 bridgehead atoms. The lowest BCUT2D eigenvalue weighted by Crippen LogP contribution is -2.42. The smallest absolute Gasteiger partial charge is 0.373 e. The zero-order valence-electron chi connectivity index (χ0n) is 13.9. The van der Waals surface area contributed by atoms with Crippen molar-refractivity contribution in [3.8, 4) is 0 Å². The lowest BCUT2D eigenvalue weighted by molar-refractivity contribution is -0.274. The number of nitrogens with zero attached hydrogens (tertiary/aromatic N) is 1. The minimum absolute atomic E-state index is 0.0475. The molecule has 11 heteroatoms. The number of alkyl halides is 3. The number of hydrogen-bond acceptors (Lipinski definition) is 5. The zero-order valence-corrected chi connectivity index (χ0v) is 17.8. The number of rotatable bonds is 3. The van der Waals surface area contributed by atoms with Crippen LogP contribution in [0.3, 0.4) is 0 Å². The summed E-state index contributed by atoms with van der Waals surface area (Å²) in [5.41, 5.74) is -0.909. The molecule has 0 saturated carbocycles. The van der Waals surface area contributed by atoms with Crippen molar-refractivity contribution >= 4 is 69.5 Å². The first-order chi connectivity index (χ1) is 13.2. The van der Waals surface area contributed by atoms with E-state index >= 15 is 0 Å². The van der Waals surface area contributed by atoms with Gasteiger partial charge in [-0.3, -0.25) is 4.79 Å². The Bertz CT molecular complexity index is 999. The second kappa shape index (κ2) is 7.16. The van der Waals surface area contributed by atoms with Gasteiger partial charge in [-0.2, -0.15) is 13.2 Å². The number of oxime groups is 1. The molecule has 0 N–H and O–H groups in total. The molecular weight excluding hydrogens is 478 g/mol. The Morgan fingerprint density at radius 3 is 2.32 bits per heavy atom. The first-order valence-electron chi connectivity index (χ1n) is 8.18. The van der Waals surface area contributed by atoms with E-state index in [0.717, 1.165) is 35.3 Å². The summed E-state index contributed by atoms with van der Waals surface area (Å²) in [6, 6.07) is 0. The van der Waals surface area contributed by atoms with Gasteiger partial charge in [-0.1, -0.05) is 40.0 Å². The molecule has 3 nitrogen and oxygen atoms in total. The number of carbonyl (C=O) groups excluding carboxylic acids is 1. The zero-order chi connectivity index (χ0) is 20.3. The van der Waals surface area contributed by atoms with Crippen molar-refractivity contribution in [3.05, 3.63) is 40.1 Å². The molecule has 28 heavy (non-hydrogen) atoms. The molecule has 0 fully saturated rings. The van der Waals surface area contributed by atoms with Crippen molar-refractivity contribution < 1.29 is 22.8 Å². The number of hydrogen-bond donors (Lipinski definition) is 0. The predicted octanol–water partition coefficient (Wildman–Crippen LogP) is 6.69. The van der Waals surface area contributed by atoms with Crippen LogP contribution in [0.4, 0.5) is 13.2 Å². The predicted molar refractivity (Wildman–Crippen MR) is 105 cm³/mol. The van der Waals surface area contributed by atoms with E-state index < -0.39 is 18.2 Å². The Labute approximate surface area is 181 Å². The molecule has 3 heterocycles. The fraction of sp³-hybridized carbons (Fsp3) is 0.412. The van der Waals surface area contributed by atoms with Gasteiger partial charge in [-0.15, -0.1) is 22.7 Å². The van der Waals surface area contributed by atoms with Crippen LogP contribution in [0, 0.1) is 0 Å². The summed E-state index contributed by atoms with van der Waals surface area (Å²) >= 11 is 19.6. The van der Waals surface area contributed by atoms with E-state index in [1.165, 1.54) is 0 Å². The topological polar surface area (TPSA) is 38.7 Å². The Morgan fingerprint density at radius 1 is 1.07 bits per heavy atom. The molecule has 1 unspecified atom stereocenters. The Morgan fingerprint density at radius 2 is 1.75 bits per heavy atom. The minimum Gasteiger partial charge on any atom is -0.373 e. The summed E-state index contributed by atoms with van der Waals surface area (Å²) in [7, 11) is 0. The Kier molecular flexibility index (Phi) is 5.24. The van der Waals surface area contributed by atoms with E-state index in [0.29, 0.717) is 33.9 Å². The van der Waals surface area contributed by atoms with Crippen molar-refractivity contribution in [2.75, 3.05) is 0 Å². The fourth-order valence-electron chi connectivity index (χ4n) is 3.53. The SMILES string of the molecule is O=[C]c1sc(C2=NOC(c3sc(Cl)c(Cl)c3Cl)(C(F)(F)F)C2)c2c1CCCC2. The van der Waals surface area contributed by atoms with Crippen molar-refractivity contribution in [2.45, 2.75) is 43.9 Å². The highest BCUT2D eigenvalue weighted by Crippen LogP contribution is 2.56. The quantitative estimate of drug-likeness (QED) is 0.484. The average Bonchev–Trinajstić information content (AvgIpc) is 3.32. The van der Waals surface area contributed by atoms with Gasteiger partial charge in [0.25, 0.3) is 5.60 Å². The molecule has 4 rings (SSSR count). The number of halogens is 6. The third-order valence-electron chi connectivity index (χ3n) is 4.88. The molecule has 1 radical (unpaired) electrons. The summed E-state index contributed by atoms with van der Waals surface area (Å²) in [4.78, 5) is 16.9. The molecule has 0 spiro atoms. The van der Waals surface area contributed by atoms with Crippen LogP contribution in [0.25, 0.3) is 0 Å². The molecule has 1 aliphatic heterocycles. The van der Waals surface area contributed by atoms with Gasteiger partial charge in [0.1, 0.15) is 10.0 Å². The lowest BCUT2D eigenvalue weighted by atomic mass is 9.88. The van der Waals surface area contributed by atoms with E-state index in [1.54, 1.807) is 0 Å². The summed E-state index contributed by atoms with van der Waals surface area (Å²) in [6.07, 6.45) is -0.278. The lowest BCUT2D eigenvalue weighted by Gasteiger charge is -2.28. The van der Waals surface area contributed by atoms with E-state index in [4.69, 9.17) is 39.6 Å². The van der Waals surface area contributed by atoms with Crippen LogP contribution in [0.15, 0.2) is 5.16 Å². The van der Waals surface area contributed by atoms with Crippen molar-refractivity contribution in [1.82, 2.24) is 0 Å². The van der Waals surface area contributed by atoms with Crippen molar-refractivity contribution in [2.24, 2.45) is 5.16 Å². The standard InChI is InChI=1S/C17H10Cl3F3NO2S2/c18-11-12(19)15(20)28-14(11)16(17(21,22)23)5-9(24-26-16)13-8-4-2-1-3-7(8)10(6-25)27-13/h1-5H2. The monoisotopic (exact) mass is 486 g/mol. The molecule has 2 aromatic heterocycles. The van der Waals surface area contributed by atoms with Crippen LogP contribution in [-0.2, 0) is 28.1 Å². The maximum absolute atomic E-state index is 14.1. The van der Waals surface area contributed by atoms with Crippen LogP contribution in [0.2, 0.25) is 14.4 Å². The largest absolute Gasteiger partial charge is 0.436 e. The van der Waals surface area contributed by atoms with Gasteiger partial charge in [0, 0.05) is 0 Å². The van der Waals surface area contributed by atoms with Gasteiger partial charge in [-0.25, -0.2) is 0 Å². The highest BCUT2D eigenvalue weighted by molar-refractivity contribution is 7.18. The maximum atomic E-state index is 14.1. The van der Waals surface area contributed by atoms with E-state index in [-0.39, 0.29) is 25.0 Å². The normalized spacial score (nSPS) is 22.0. The van der Waals surface area contributed by atoms with Gasteiger partial charge in [-0.05, 0) is 36.8 Å². The molecule has 0 saturated heterocycles. The van der Waals surface area contributed by atoms with Gasteiger partial charge in [0.05, 0.1) is 31.1 Å². The minimum atomic E-state index is -4.81. The molecule has 1 atom stereocenters. The molecule has 0 amide bonds. The van der Waals surface area contributed by atoms with Crippen LogP contribution < -0.4 is 0 Å². The molecule has 0 aromatic carbocycles. The molecule has 2 aliphatic rings. The summed E-state index contributed by atoms with van der Waals surface area (Å²) < 4.78 is 42.3. The molecular formula is C17H10Cl3F3NO2S2. The summed E-state index contributed by atoms with van der Waals surface area (Å²) in [5.74, 6) is 0. The molecule has 2 aromatic rings. The van der Waals surface area contributed by atoms with E-state index in [2.05, 4.69) is 5.16 Å². The third kappa shape index (κ3) is 2.99. The third-order valence-corrected chi connectivity index (χ3v) is 8.82. The van der Waals surface area contributed by atoms with Gasteiger partial charge < -0.3 is 4.84 Å². The van der Waals surface area contributed by atoms with Crippen molar-refractivity contribution in [1.29, 1.82) is 0 Å².